The number of urea groups is 1. The molecule has 0 aromatic heterocycles. The van der Waals surface area contributed by atoms with E-state index in [-0.39, 0.29) is 24.0 Å². The minimum Gasteiger partial charge on any atom is -0.493 e. The summed E-state index contributed by atoms with van der Waals surface area (Å²) in [6.45, 7) is 4.15. The van der Waals surface area contributed by atoms with Crippen LogP contribution in [0, 0.1) is 5.92 Å². The highest BCUT2D eigenvalue weighted by atomic mass is 16.5. The fraction of sp³-hybridized carbons (Fsp3) is 0.458. The van der Waals surface area contributed by atoms with Crippen molar-refractivity contribution in [3.8, 4) is 23.0 Å². The predicted molar refractivity (Wildman–Crippen MR) is 119 cm³/mol. The van der Waals surface area contributed by atoms with Crippen molar-refractivity contribution in [3.05, 3.63) is 47.0 Å². The minimum absolute atomic E-state index is 0.0759. The van der Waals surface area contributed by atoms with Gasteiger partial charge in [0.1, 0.15) is 0 Å². The van der Waals surface area contributed by atoms with Crippen molar-refractivity contribution < 1.29 is 23.7 Å². The molecule has 0 heterocycles. The summed E-state index contributed by atoms with van der Waals surface area (Å²) in [7, 11) is 6.45. The van der Waals surface area contributed by atoms with E-state index in [0.29, 0.717) is 23.0 Å². The summed E-state index contributed by atoms with van der Waals surface area (Å²) in [5.74, 6) is 2.85. The maximum atomic E-state index is 12.9. The molecule has 2 amide bonds. The van der Waals surface area contributed by atoms with Gasteiger partial charge in [-0.15, -0.1) is 0 Å². The van der Waals surface area contributed by atoms with Crippen LogP contribution in [0.25, 0.3) is 0 Å². The van der Waals surface area contributed by atoms with Gasteiger partial charge in [0.2, 0.25) is 0 Å². The quantitative estimate of drug-likeness (QED) is 0.651. The molecular formula is C24H32N2O5. The molecule has 1 aliphatic carbocycles. The molecule has 1 aliphatic rings. The maximum absolute atomic E-state index is 12.9. The van der Waals surface area contributed by atoms with E-state index in [1.54, 1.807) is 28.4 Å². The first-order valence-corrected chi connectivity index (χ1v) is 10.5. The molecule has 7 heteroatoms. The molecule has 0 radical (unpaired) electrons. The average molecular weight is 429 g/mol. The number of fused-ring (bicyclic) bond motifs is 1. The van der Waals surface area contributed by atoms with E-state index in [4.69, 9.17) is 18.9 Å². The lowest BCUT2D eigenvalue weighted by Gasteiger charge is -2.25. The van der Waals surface area contributed by atoms with Crippen LogP contribution < -0.4 is 29.6 Å². The third-order valence-electron chi connectivity index (χ3n) is 5.75. The topological polar surface area (TPSA) is 78.1 Å². The van der Waals surface area contributed by atoms with E-state index < -0.39 is 0 Å². The Kier molecular flexibility index (Phi) is 7.15. The molecule has 2 N–H and O–H groups in total. The highest BCUT2D eigenvalue weighted by Crippen LogP contribution is 2.39. The number of aryl methyl sites for hydroxylation is 1. The summed E-state index contributed by atoms with van der Waals surface area (Å²) in [6, 6.07) is 9.21. The van der Waals surface area contributed by atoms with Crippen molar-refractivity contribution in [2.24, 2.45) is 5.92 Å². The van der Waals surface area contributed by atoms with Crippen LogP contribution >= 0.6 is 0 Å². The van der Waals surface area contributed by atoms with Crippen molar-refractivity contribution >= 4 is 6.03 Å². The highest BCUT2D eigenvalue weighted by molar-refractivity contribution is 5.75. The standard InChI is InChI=1S/C24H32N2O5/c1-14(2)23(16-8-10-19(28-3)20(12-16)29-4)26-24(27)25-18-9-7-15-11-21(30-5)22(31-6)13-17(15)18/h8,10-14,18,23H,7,9H2,1-6H3,(H2,25,26,27)/t18-,23-/m0/s1. The van der Waals surface area contributed by atoms with E-state index in [1.165, 1.54) is 5.56 Å². The van der Waals surface area contributed by atoms with Gasteiger partial charge in [-0.3, -0.25) is 0 Å². The summed E-state index contributed by atoms with van der Waals surface area (Å²) >= 11 is 0. The van der Waals surface area contributed by atoms with Crippen molar-refractivity contribution in [1.29, 1.82) is 0 Å². The van der Waals surface area contributed by atoms with Crippen molar-refractivity contribution in [2.75, 3.05) is 28.4 Å². The second-order valence-electron chi connectivity index (χ2n) is 7.95. The minimum atomic E-state index is -0.207. The number of rotatable bonds is 8. The lowest BCUT2D eigenvalue weighted by molar-refractivity contribution is 0.229. The van der Waals surface area contributed by atoms with Gasteiger partial charge in [0.25, 0.3) is 0 Å². The molecule has 3 rings (SSSR count). The lowest BCUT2D eigenvalue weighted by Crippen LogP contribution is -2.41. The molecule has 0 bridgehead atoms. The summed E-state index contributed by atoms with van der Waals surface area (Å²) in [6.07, 6.45) is 1.71. The molecule has 0 unspecified atom stereocenters. The normalized spacial score (nSPS) is 15.8. The van der Waals surface area contributed by atoms with Crippen LogP contribution in [-0.2, 0) is 6.42 Å². The van der Waals surface area contributed by atoms with E-state index >= 15 is 0 Å². The molecule has 2 atom stereocenters. The van der Waals surface area contributed by atoms with Gasteiger partial charge in [0.05, 0.1) is 40.5 Å². The molecule has 7 nitrogen and oxygen atoms in total. The van der Waals surface area contributed by atoms with Crippen LogP contribution in [-0.4, -0.2) is 34.5 Å². The largest absolute Gasteiger partial charge is 0.493 e. The van der Waals surface area contributed by atoms with Gasteiger partial charge in [-0.05, 0) is 59.7 Å². The molecule has 0 fully saturated rings. The van der Waals surface area contributed by atoms with E-state index in [2.05, 4.69) is 24.5 Å². The van der Waals surface area contributed by atoms with Crippen LogP contribution in [0.1, 0.15) is 49.0 Å². The smallest absolute Gasteiger partial charge is 0.315 e. The van der Waals surface area contributed by atoms with Crippen molar-refractivity contribution in [1.82, 2.24) is 10.6 Å². The summed E-state index contributed by atoms with van der Waals surface area (Å²) in [5.41, 5.74) is 3.20. The zero-order valence-electron chi connectivity index (χ0n) is 19.1. The number of hydrogen-bond donors (Lipinski definition) is 2. The number of methoxy groups -OCH3 is 4. The van der Waals surface area contributed by atoms with Gasteiger partial charge in [0.15, 0.2) is 23.0 Å². The monoisotopic (exact) mass is 428 g/mol. The number of nitrogens with one attached hydrogen (secondary N) is 2. The van der Waals surface area contributed by atoms with Crippen LogP contribution in [0.15, 0.2) is 30.3 Å². The first kappa shape index (κ1) is 22.6. The first-order valence-electron chi connectivity index (χ1n) is 10.5. The van der Waals surface area contributed by atoms with E-state index in [1.807, 2.05) is 30.3 Å². The zero-order chi connectivity index (χ0) is 22.5. The number of hydrogen-bond acceptors (Lipinski definition) is 5. The Morgan fingerprint density at radius 3 is 2.13 bits per heavy atom. The number of benzene rings is 2. The molecule has 0 aliphatic heterocycles. The van der Waals surface area contributed by atoms with Gasteiger partial charge in [0, 0.05) is 0 Å². The Bertz CT molecular complexity index is 928. The Morgan fingerprint density at radius 2 is 1.52 bits per heavy atom. The molecule has 2 aromatic rings. The fourth-order valence-electron chi connectivity index (χ4n) is 4.11. The number of ether oxygens (including phenoxy) is 4. The van der Waals surface area contributed by atoms with Crippen LogP contribution in [0.4, 0.5) is 4.79 Å². The summed E-state index contributed by atoms with van der Waals surface area (Å²) in [5, 5.41) is 6.26. The molecule has 168 valence electrons. The Morgan fingerprint density at radius 1 is 0.903 bits per heavy atom. The zero-order valence-corrected chi connectivity index (χ0v) is 19.1. The van der Waals surface area contributed by atoms with Crippen LogP contribution in [0.3, 0.4) is 0 Å². The summed E-state index contributed by atoms with van der Waals surface area (Å²) < 4.78 is 21.6. The Hall–Kier alpha value is -3.09. The van der Waals surface area contributed by atoms with Crippen LogP contribution in [0.2, 0.25) is 0 Å². The van der Waals surface area contributed by atoms with Gasteiger partial charge in [-0.1, -0.05) is 19.9 Å². The van der Waals surface area contributed by atoms with Gasteiger partial charge < -0.3 is 29.6 Å². The van der Waals surface area contributed by atoms with E-state index in [0.717, 1.165) is 24.0 Å². The van der Waals surface area contributed by atoms with Crippen LogP contribution in [0.5, 0.6) is 23.0 Å². The first-order chi connectivity index (χ1) is 14.9. The van der Waals surface area contributed by atoms with E-state index in [9.17, 15) is 4.79 Å². The second-order valence-corrected chi connectivity index (χ2v) is 7.95. The molecule has 2 aromatic carbocycles. The second kappa shape index (κ2) is 9.81. The average Bonchev–Trinajstić information content (AvgIpc) is 3.16. The number of carbonyl (C=O) groups is 1. The molecule has 0 spiro atoms. The summed E-state index contributed by atoms with van der Waals surface area (Å²) in [4.78, 5) is 12.9. The highest BCUT2D eigenvalue weighted by Gasteiger charge is 2.28. The molecule has 0 saturated carbocycles. The number of carbonyl (C=O) groups excluding carboxylic acids is 1. The van der Waals surface area contributed by atoms with Gasteiger partial charge in [-0.25, -0.2) is 4.79 Å². The Labute approximate surface area is 184 Å². The number of amides is 2. The fourth-order valence-corrected chi connectivity index (χ4v) is 4.11. The van der Waals surface area contributed by atoms with Crippen molar-refractivity contribution in [3.63, 3.8) is 0 Å². The molecule has 31 heavy (non-hydrogen) atoms. The Balaban J connectivity index is 1.76. The lowest BCUT2D eigenvalue weighted by atomic mass is 9.95. The predicted octanol–water partition coefficient (Wildman–Crippen LogP) is 4.40. The molecular weight excluding hydrogens is 396 g/mol. The third kappa shape index (κ3) is 4.81. The SMILES string of the molecule is COc1ccc([C@@H](NC(=O)N[C@H]2CCc3cc(OC)c(OC)cc32)C(C)C)cc1OC. The maximum Gasteiger partial charge on any atom is 0.315 e. The van der Waals surface area contributed by atoms with Gasteiger partial charge >= 0.3 is 6.03 Å². The third-order valence-corrected chi connectivity index (χ3v) is 5.75. The van der Waals surface area contributed by atoms with Crippen molar-refractivity contribution in [2.45, 2.75) is 38.8 Å². The van der Waals surface area contributed by atoms with Gasteiger partial charge in [-0.2, -0.15) is 0 Å². The molecule has 0 saturated heterocycles.